The molecule has 0 aliphatic heterocycles. The Morgan fingerprint density at radius 2 is 0.657 bits per heavy atom. The Kier molecular flexibility index (Phi) is 29.6. The first-order valence-electron chi connectivity index (χ1n) is 34.7. The SMILES string of the molecule is Cc1c(-c2ccc(-c3[c-]cccc3)nc2)ccc2ccccc12.Cc1c(-c2cccc3ccccc23)ccnc1-c1[c-]cccc1.Cc1cc(-c2[c-]cccc2)ncc1-c1ccc2ccccc2n1.[Ir].[Ir].[Ir].[c-]1ccccc1-c1ccccn1.[c-]1ccccc1-c1ccccn1.[c-]1ccccc1-c1ccccn1. The number of para-hydroxylation sites is 1. The van der Waals surface area contributed by atoms with Crippen LogP contribution in [0.5, 0.6) is 0 Å². The van der Waals surface area contributed by atoms with Crippen molar-refractivity contribution < 1.29 is 60.3 Å². The van der Waals surface area contributed by atoms with Gasteiger partial charge in [-0.3, -0.25) is 0 Å². The molecule has 7 heterocycles. The summed E-state index contributed by atoms with van der Waals surface area (Å²) in [6.45, 7) is 6.41. The minimum absolute atomic E-state index is 0. The number of hydrogen-bond acceptors (Lipinski definition) is 7. The summed E-state index contributed by atoms with van der Waals surface area (Å²) in [7, 11) is 0. The maximum atomic E-state index is 4.76. The Labute approximate surface area is 673 Å². The monoisotopic (exact) mass is 1920 g/mol. The third-order valence-electron chi connectivity index (χ3n) is 17.4. The topological polar surface area (TPSA) is 90.2 Å². The molecule has 0 aliphatic rings. The van der Waals surface area contributed by atoms with Gasteiger partial charge in [0.05, 0.1) is 11.2 Å². The second-order valence-corrected chi connectivity index (χ2v) is 24.3. The first kappa shape index (κ1) is 78.8. The van der Waals surface area contributed by atoms with Crippen LogP contribution < -0.4 is 0 Å². The summed E-state index contributed by atoms with van der Waals surface area (Å²) in [5.41, 5.74) is 23.5. The standard InChI is InChI=1S/2C22H16N.C21H15N2.3C11H8N.3Ir/c1-16-19(14-15-23-22(16)18-9-3-2-4-10-18)21-13-7-11-17-8-5-6-12-20(17)21;1-16-20-10-6-5-7-17(20)11-13-21(16)19-12-14-22(23-15-19)18-8-3-2-4-9-18;1-15-13-21(16-7-3-2-4-8-16)22-14-18(15)20-12-11-17-9-5-6-10-19(17)23-20;3*1-2-6-10(7-3-1)11-8-4-5-9-12-11;;;/h2-9,11-15H,1H3;2-8,10-15H,1H3;2-7,9-14H,1H3;3*1-6,8-9H;;;/q6*-1;;;. The number of aromatic nitrogens is 7. The summed E-state index contributed by atoms with van der Waals surface area (Å²) in [5.74, 6) is 0. The van der Waals surface area contributed by atoms with Crippen molar-refractivity contribution in [1.29, 1.82) is 0 Å². The Morgan fingerprint density at radius 3 is 1.14 bits per heavy atom. The van der Waals surface area contributed by atoms with Crippen molar-refractivity contribution in [2.45, 2.75) is 20.8 Å². The van der Waals surface area contributed by atoms with Gasteiger partial charge in [-0.1, -0.05) is 163 Å². The summed E-state index contributed by atoms with van der Waals surface area (Å²) >= 11 is 0. The summed E-state index contributed by atoms with van der Waals surface area (Å²) < 4.78 is 0. The summed E-state index contributed by atoms with van der Waals surface area (Å²) in [6, 6.07) is 133. The van der Waals surface area contributed by atoms with Crippen LogP contribution in [0.1, 0.15) is 16.7 Å². The van der Waals surface area contributed by atoms with Crippen LogP contribution in [0.4, 0.5) is 0 Å². The Balaban J connectivity index is 0.000000141. The molecule has 7 nitrogen and oxygen atoms in total. The third-order valence-corrected chi connectivity index (χ3v) is 17.4. The van der Waals surface area contributed by atoms with Gasteiger partial charge in [0.2, 0.25) is 0 Å². The van der Waals surface area contributed by atoms with Crippen LogP contribution in [0, 0.1) is 57.2 Å². The van der Waals surface area contributed by atoms with Gasteiger partial charge >= 0.3 is 0 Å². The zero-order valence-electron chi connectivity index (χ0n) is 59.4. The second kappa shape index (κ2) is 40.6. The fraction of sp³-hybridized carbons (Fsp3) is 0.0306. The van der Waals surface area contributed by atoms with Crippen molar-refractivity contribution in [2.75, 3.05) is 0 Å². The van der Waals surface area contributed by atoms with Gasteiger partial charge < -0.3 is 29.9 Å². The molecular weight excluding hydrogens is 1850 g/mol. The minimum atomic E-state index is 0. The number of rotatable bonds is 9. The molecule has 18 rings (SSSR count). The fourth-order valence-electron chi connectivity index (χ4n) is 12.1. The third kappa shape index (κ3) is 20.8. The normalized spacial score (nSPS) is 10.1. The molecule has 0 atom stereocenters. The molecule has 18 aromatic rings. The van der Waals surface area contributed by atoms with Gasteiger partial charge in [0.25, 0.3) is 0 Å². The van der Waals surface area contributed by atoms with E-state index in [2.05, 4.69) is 214 Å². The molecular formula is C98H71Ir3N7-6. The maximum absolute atomic E-state index is 4.76. The van der Waals surface area contributed by atoms with E-state index in [9.17, 15) is 0 Å². The van der Waals surface area contributed by atoms with Gasteiger partial charge in [-0.05, 0) is 146 Å². The van der Waals surface area contributed by atoms with E-state index in [1.54, 1.807) is 18.6 Å². The van der Waals surface area contributed by atoms with Crippen molar-refractivity contribution in [3.05, 3.63) is 430 Å². The molecule has 11 aromatic carbocycles. The van der Waals surface area contributed by atoms with E-state index in [1.807, 2.05) is 231 Å². The number of pyridine rings is 7. The van der Waals surface area contributed by atoms with Crippen molar-refractivity contribution in [3.8, 4) is 101 Å². The number of nitrogens with zero attached hydrogens (tertiary/aromatic N) is 7. The van der Waals surface area contributed by atoms with Gasteiger partial charge in [-0.25, -0.2) is 4.98 Å². The molecule has 3 radical (unpaired) electrons. The van der Waals surface area contributed by atoms with E-state index in [-0.39, 0.29) is 60.3 Å². The van der Waals surface area contributed by atoms with E-state index in [4.69, 9.17) is 4.98 Å². The molecule has 0 aliphatic carbocycles. The van der Waals surface area contributed by atoms with Crippen molar-refractivity contribution >= 4 is 32.4 Å². The minimum Gasteiger partial charge on any atom is -0.305 e. The van der Waals surface area contributed by atoms with Gasteiger partial charge in [0.1, 0.15) is 0 Å². The fourth-order valence-corrected chi connectivity index (χ4v) is 12.1. The maximum Gasteiger partial charge on any atom is 0.0727 e. The summed E-state index contributed by atoms with van der Waals surface area (Å²) in [5, 5.41) is 6.25. The van der Waals surface area contributed by atoms with E-state index in [0.29, 0.717) is 0 Å². The van der Waals surface area contributed by atoms with Gasteiger partial charge in [0, 0.05) is 108 Å². The quantitative estimate of drug-likeness (QED) is 0.133. The van der Waals surface area contributed by atoms with Crippen LogP contribution >= 0.6 is 0 Å². The molecule has 0 saturated carbocycles. The van der Waals surface area contributed by atoms with Crippen molar-refractivity contribution in [1.82, 2.24) is 34.9 Å². The van der Waals surface area contributed by atoms with E-state index in [1.165, 1.54) is 49.4 Å². The average Bonchev–Trinajstić information content (AvgIpc) is 0.794. The smallest absolute Gasteiger partial charge is 0.0727 e. The molecule has 0 fully saturated rings. The molecule has 0 bridgehead atoms. The van der Waals surface area contributed by atoms with Crippen LogP contribution in [-0.4, -0.2) is 34.9 Å². The van der Waals surface area contributed by atoms with Crippen LogP contribution in [0.2, 0.25) is 0 Å². The molecule has 108 heavy (non-hydrogen) atoms. The van der Waals surface area contributed by atoms with Crippen molar-refractivity contribution in [2.24, 2.45) is 0 Å². The van der Waals surface area contributed by atoms with Crippen molar-refractivity contribution in [3.63, 3.8) is 0 Å². The summed E-state index contributed by atoms with van der Waals surface area (Å²) in [6.07, 6.45) is 11.1. The molecule has 0 amide bonds. The largest absolute Gasteiger partial charge is 0.305 e. The first-order chi connectivity index (χ1) is 51.9. The van der Waals surface area contributed by atoms with E-state index >= 15 is 0 Å². The number of benzene rings is 11. The molecule has 531 valence electrons. The number of fused-ring (bicyclic) bond motifs is 3. The molecule has 7 aromatic heterocycles. The van der Waals surface area contributed by atoms with Gasteiger partial charge in [-0.15, -0.1) is 215 Å². The zero-order chi connectivity index (χ0) is 71.6. The van der Waals surface area contributed by atoms with Crippen LogP contribution in [0.15, 0.2) is 377 Å². The average molecular weight is 1920 g/mol. The predicted octanol–water partition coefficient (Wildman–Crippen LogP) is 24.1. The summed E-state index contributed by atoms with van der Waals surface area (Å²) in [4.78, 5) is 31.2. The van der Waals surface area contributed by atoms with E-state index in [0.717, 1.165) is 101 Å². The Hall–Kier alpha value is -11.8. The predicted molar refractivity (Wildman–Crippen MR) is 432 cm³/mol. The Bertz CT molecular complexity index is 5430. The zero-order valence-corrected chi connectivity index (χ0v) is 66.6. The second-order valence-electron chi connectivity index (χ2n) is 24.3. The molecule has 0 spiro atoms. The van der Waals surface area contributed by atoms with Crippen LogP contribution in [0.25, 0.3) is 134 Å². The molecule has 10 heteroatoms. The van der Waals surface area contributed by atoms with Gasteiger partial charge in [0.15, 0.2) is 0 Å². The molecule has 0 unspecified atom stereocenters. The number of aryl methyl sites for hydroxylation is 2. The van der Waals surface area contributed by atoms with Gasteiger partial charge in [-0.2, -0.15) is 0 Å². The Morgan fingerprint density at radius 1 is 0.241 bits per heavy atom. The van der Waals surface area contributed by atoms with E-state index < -0.39 is 0 Å². The van der Waals surface area contributed by atoms with Crippen LogP contribution in [-0.2, 0) is 60.3 Å². The first-order valence-corrected chi connectivity index (χ1v) is 34.7. The molecule has 0 N–H and O–H groups in total. The number of hydrogen-bond donors (Lipinski definition) is 0. The van der Waals surface area contributed by atoms with Crippen LogP contribution in [0.3, 0.4) is 0 Å². The molecule has 0 saturated heterocycles.